The minimum absolute atomic E-state index is 0.0325. The molecule has 1 rings (SSSR count). The average molecular weight is 304 g/mol. The van der Waals surface area contributed by atoms with Gasteiger partial charge in [0.2, 0.25) is 11.9 Å². The van der Waals surface area contributed by atoms with Crippen molar-refractivity contribution in [2.45, 2.75) is 26.3 Å². The normalized spacial score (nSPS) is 12.8. The average Bonchev–Trinajstić information content (AvgIpc) is 2.33. The molecule has 1 aromatic rings. The Kier molecular flexibility index (Phi) is 5.89. The largest absolute Gasteiger partial charge is 0.463 e. The zero-order valence-corrected chi connectivity index (χ0v) is 12.6. The van der Waals surface area contributed by atoms with Crippen molar-refractivity contribution in [1.82, 2.24) is 15.0 Å². The Bertz CT molecular complexity index is 536. The summed E-state index contributed by atoms with van der Waals surface area (Å²) in [6, 6.07) is -0.221. The van der Waals surface area contributed by atoms with Crippen LogP contribution in [-0.4, -0.2) is 48.0 Å². The summed E-state index contributed by atoms with van der Waals surface area (Å²) in [5, 5.41) is 2.87. The molecule has 0 aliphatic carbocycles. The lowest BCUT2D eigenvalue weighted by Gasteiger charge is -2.13. The molecule has 0 radical (unpaired) electrons. The second-order valence-corrected chi connectivity index (χ2v) is 6.58. The number of rotatable bonds is 8. The highest BCUT2D eigenvalue weighted by atomic mass is 32.2. The lowest BCUT2D eigenvalue weighted by Crippen LogP contribution is -2.26. The lowest BCUT2D eigenvalue weighted by atomic mass is 10.4. The first-order chi connectivity index (χ1) is 9.34. The maximum Gasteiger partial charge on any atom is 0.323 e. The number of hydrogen-bond donors (Lipinski definition) is 3. The number of nitrogens with two attached hydrogens (primary N) is 1. The molecule has 0 aliphatic rings. The maximum atomic E-state index is 11.2. The molecule has 0 fully saturated rings. The van der Waals surface area contributed by atoms with Gasteiger partial charge in [-0.25, -0.2) is 14.3 Å². The molecule has 1 atom stereocenters. The van der Waals surface area contributed by atoms with Crippen molar-refractivity contribution in [3.05, 3.63) is 0 Å². The first-order valence-electron chi connectivity index (χ1n) is 6.13. The third kappa shape index (κ3) is 5.97. The van der Waals surface area contributed by atoms with E-state index in [1.165, 1.54) is 6.26 Å². The summed E-state index contributed by atoms with van der Waals surface area (Å²) in [6.07, 6.45) is 1.98. The predicted octanol–water partition coefficient (Wildman–Crippen LogP) is -0.209. The molecule has 0 saturated carbocycles. The van der Waals surface area contributed by atoms with Crippen LogP contribution in [0.2, 0.25) is 0 Å². The standard InChI is InChI=1S/C10H20N6O3S/c1-4-5-19-10-14-8(13-9(15-10)16-11)12-7(2)6-20(3,17)18/h7H,4-6,11H2,1-3H3,(H2,12,13,14,15,16). The van der Waals surface area contributed by atoms with E-state index in [-0.39, 0.29) is 29.7 Å². The van der Waals surface area contributed by atoms with Gasteiger partial charge in [-0.1, -0.05) is 6.92 Å². The van der Waals surface area contributed by atoms with Crippen LogP contribution in [0.25, 0.3) is 0 Å². The number of sulfone groups is 1. The quantitative estimate of drug-likeness (QED) is 0.440. The predicted molar refractivity (Wildman–Crippen MR) is 76.2 cm³/mol. The molecule has 10 heteroatoms. The van der Waals surface area contributed by atoms with Crippen molar-refractivity contribution in [2.24, 2.45) is 5.84 Å². The second-order valence-electron chi connectivity index (χ2n) is 4.40. The van der Waals surface area contributed by atoms with E-state index in [2.05, 4.69) is 25.7 Å². The first kappa shape index (κ1) is 16.4. The van der Waals surface area contributed by atoms with Crippen LogP contribution in [0.1, 0.15) is 20.3 Å². The Hall–Kier alpha value is -1.68. The number of nitrogens with zero attached hydrogens (tertiary/aromatic N) is 3. The van der Waals surface area contributed by atoms with Gasteiger partial charge in [0.25, 0.3) is 0 Å². The maximum absolute atomic E-state index is 11.2. The van der Waals surface area contributed by atoms with Gasteiger partial charge in [0.05, 0.1) is 12.4 Å². The summed E-state index contributed by atoms with van der Waals surface area (Å²) in [4.78, 5) is 12.0. The highest BCUT2D eigenvalue weighted by molar-refractivity contribution is 7.90. The Balaban J connectivity index is 2.82. The summed E-state index contributed by atoms with van der Waals surface area (Å²) in [5.74, 6) is 5.58. The van der Waals surface area contributed by atoms with Gasteiger partial charge in [-0.05, 0) is 13.3 Å². The van der Waals surface area contributed by atoms with Crippen LogP contribution in [0.4, 0.5) is 11.9 Å². The smallest absolute Gasteiger partial charge is 0.323 e. The fourth-order valence-corrected chi connectivity index (χ4v) is 2.45. The number of aromatic nitrogens is 3. The van der Waals surface area contributed by atoms with Crippen LogP contribution in [0.3, 0.4) is 0 Å². The van der Waals surface area contributed by atoms with E-state index < -0.39 is 9.84 Å². The molecule has 0 saturated heterocycles. The SMILES string of the molecule is CCCOc1nc(NN)nc(NC(C)CS(C)(=O)=O)n1. The fourth-order valence-electron chi connectivity index (χ4n) is 1.46. The summed E-state index contributed by atoms with van der Waals surface area (Å²) in [6.45, 7) is 4.13. The van der Waals surface area contributed by atoms with Crippen LogP contribution in [-0.2, 0) is 9.84 Å². The molecule has 114 valence electrons. The van der Waals surface area contributed by atoms with E-state index in [1.54, 1.807) is 6.92 Å². The zero-order chi connectivity index (χ0) is 15.2. The Morgan fingerprint density at radius 1 is 1.30 bits per heavy atom. The van der Waals surface area contributed by atoms with E-state index in [0.717, 1.165) is 6.42 Å². The number of nitrogen functional groups attached to an aromatic ring is 1. The molecular weight excluding hydrogens is 284 g/mol. The van der Waals surface area contributed by atoms with E-state index >= 15 is 0 Å². The molecule has 9 nitrogen and oxygen atoms in total. The Morgan fingerprint density at radius 2 is 1.95 bits per heavy atom. The summed E-state index contributed by atoms with van der Waals surface area (Å²) < 4.78 is 27.7. The van der Waals surface area contributed by atoms with Crippen molar-refractivity contribution >= 4 is 21.7 Å². The topological polar surface area (TPSA) is 132 Å². The van der Waals surface area contributed by atoms with E-state index in [0.29, 0.717) is 6.61 Å². The number of ether oxygens (including phenoxy) is 1. The van der Waals surface area contributed by atoms with Gasteiger partial charge in [-0.2, -0.15) is 15.0 Å². The van der Waals surface area contributed by atoms with Crippen molar-refractivity contribution in [2.75, 3.05) is 29.4 Å². The van der Waals surface area contributed by atoms with Crippen LogP contribution in [0.5, 0.6) is 6.01 Å². The highest BCUT2D eigenvalue weighted by Gasteiger charge is 2.13. The molecule has 0 aliphatic heterocycles. The highest BCUT2D eigenvalue weighted by Crippen LogP contribution is 2.11. The van der Waals surface area contributed by atoms with Gasteiger partial charge in [-0.3, -0.25) is 5.43 Å². The van der Waals surface area contributed by atoms with Crippen molar-refractivity contribution in [1.29, 1.82) is 0 Å². The van der Waals surface area contributed by atoms with Gasteiger partial charge >= 0.3 is 6.01 Å². The van der Waals surface area contributed by atoms with Gasteiger partial charge in [0, 0.05) is 12.3 Å². The number of anilines is 2. The van der Waals surface area contributed by atoms with Crippen LogP contribution < -0.4 is 21.3 Å². The third-order valence-electron chi connectivity index (χ3n) is 2.11. The van der Waals surface area contributed by atoms with E-state index in [9.17, 15) is 8.42 Å². The molecule has 0 amide bonds. The molecular formula is C10H20N6O3S. The van der Waals surface area contributed by atoms with Crippen LogP contribution >= 0.6 is 0 Å². The Morgan fingerprint density at radius 3 is 2.50 bits per heavy atom. The fraction of sp³-hybridized carbons (Fsp3) is 0.700. The molecule has 20 heavy (non-hydrogen) atoms. The Labute approximate surface area is 118 Å². The zero-order valence-electron chi connectivity index (χ0n) is 11.8. The van der Waals surface area contributed by atoms with E-state index in [4.69, 9.17) is 10.6 Å². The third-order valence-corrected chi connectivity index (χ3v) is 3.21. The molecule has 1 unspecified atom stereocenters. The molecule has 0 bridgehead atoms. The second kappa shape index (κ2) is 7.20. The molecule has 4 N–H and O–H groups in total. The monoisotopic (exact) mass is 304 g/mol. The van der Waals surface area contributed by atoms with Gasteiger partial charge in [0.1, 0.15) is 9.84 Å². The van der Waals surface area contributed by atoms with E-state index in [1.807, 2.05) is 6.92 Å². The summed E-state index contributed by atoms with van der Waals surface area (Å²) >= 11 is 0. The van der Waals surface area contributed by atoms with Gasteiger partial charge < -0.3 is 10.1 Å². The van der Waals surface area contributed by atoms with Crippen LogP contribution in [0.15, 0.2) is 0 Å². The first-order valence-corrected chi connectivity index (χ1v) is 8.20. The summed E-state index contributed by atoms with van der Waals surface area (Å²) in [5.41, 5.74) is 2.31. The summed E-state index contributed by atoms with van der Waals surface area (Å²) in [7, 11) is -3.09. The molecule has 0 spiro atoms. The van der Waals surface area contributed by atoms with Crippen LogP contribution in [0, 0.1) is 0 Å². The number of nitrogens with one attached hydrogen (secondary N) is 2. The minimum Gasteiger partial charge on any atom is -0.463 e. The molecule has 1 aromatic heterocycles. The number of hydrazine groups is 1. The number of hydrogen-bond acceptors (Lipinski definition) is 9. The molecule has 0 aromatic carbocycles. The van der Waals surface area contributed by atoms with Crippen molar-refractivity contribution in [3.8, 4) is 6.01 Å². The minimum atomic E-state index is -3.09. The lowest BCUT2D eigenvalue weighted by molar-refractivity contribution is 0.292. The van der Waals surface area contributed by atoms with Gasteiger partial charge in [0.15, 0.2) is 0 Å². The van der Waals surface area contributed by atoms with Crippen molar-refractivity contribution in [3.63, 3.8) is 0 Å². The van der Waals surface area contributed by atoms with Gasteiger partial charge in [-0.15, -0.1) is 0 Å². The van der Waals surface area contributed by atoms with Crippen molar-refractivity contribution < 1.29 is 13.2 Å². The molecule has 1 heterocycles.